The van der Waals surface area contributed by atoms with Gasteiger partial charge in [-0.05, 0) is 25.5 Å². The third kappa shape index (κ3) is 4.15. The third-order valence-corrected chi connectivity index (χ3v) is 3.81. The number of aryl methyl sites for hydroxylation is 1. The molecular formula is C14H19N5O2S. The zero-order chi connectivity index (χ0) is 16.1. The van der Waals surface area contributed by atoms with Crippen molar-refractivity contribution >= 4 is 29.0 Å². The van der Waals surface area contributed by atoms with E-state index in [4.69, 9.17) is 0 Å². The molecule has 2 aromatic heterocycles. The maximum absolute atomic E-state index is 12.0. The predicted octanol–water partition coefficient (Wildman–Crippen LogP) is 1.03. The Labute approximate surface area is 132 Å². The quantitative estimate of drug-likeness (QED) is 0.833. The molecule has 0 fully saturated rings. The van der Waals surface area contributed by atoms with Gasteiger partial charge in [-0.1, -0.05) is 6.07 Å². The number of carbonyl (C=O) groups excluding carboxylic acids is 2. The van der Waals surface area contributed by atoms with Crippen LogP contribution in [0.1, 0.15) is 20.2 Å². The van der Waals surface area contributed by atoms with Crippen LogP contribution in [0.15, 0.2) is 23.6 Å². The van der Waals surface area contributed by atoms with Gasteiger partial charge in [0.05, 0.1) is 4.88 Å². The van der Waals surface area contributed by atoms with Crippen molar-refractivity contribution in [3.63, 3.8) is 0 Å². The first kappa shape index (κ1) is 16.2. The van der Waals surface area contributed by atoms with Gasteiger partial charge in [0.1, 0.15) is 5.82 Å². The number of nitrogens with zero attached hydrogens (tertiary/aromatic N) is 3. The van der Waals surface area contributed by atoms with E-state index >= 15 is 0 Å². The molecule has 0 aliphatic heterocycles. The highest BCUT2D eigenvalue weighted by atomic mass is 32.1. The van der Waals surface area contributed by atoms with Gasteiger partial charge >= 0.3 is 0 Å². The van der Waals surface area contributed by atoms with E-state index in [1.165, 1.54) is 16.0 Å². The molecule has 0 radical (unpaired) electrons. The van der Waals surface area contributed by atoms with Crippen LogP contribution >= 0.6 is 11.3 Å². The summed E-state index contributed by atoms with van der Waals surface area (Å²) in [4.78, 5) is 26.6. The summed E-state index contributed by atoms with van der Waals surface area (Å²) in [6, 6.07) is 5.12. The lowest BCUT2D eigenvalue weighted by Crippen LogP contribution is -2.31. The minimum Gasteiger partial charge on any atom is -0.349 e. The molecule has 0 bridgehead atoms. The van der Waals surface area contributed by atoms with Crippen LogP contribution in [0.5, 0.6) is 0 Å². The standard InChI is InChI=1S/C14H19N5O2S/c1-18(2)7-6-15-13(20)10-9-12(19(3)17-10)16-14(21)11-5-4-8-22-11/h4-5,8-9H,6-7H2,1-3H3,(H,15,20)(H,16,21). The minimum atomic E-state index is -0.255. The minimum absolute atomic E-state index is 0.211. The topological polar surface area (TPSA) is 79.3 Å². The van der Waals surface area contributed by atoms with Gasteiger partial charge in [0, 0.05) is 26.2 Å². The van der Waals surface area contributed by atoms with Crippen LogP contribution < -0.4 is 10.6 Å². The van der Waals surface area contributed by atoms with Gasteiger partial charge in [0.15, 0.2) is 5.69 Å². The molecule has 118 valence electrons. The van der Waals surface area contributed by atoms with Crippen molar-refractivity contribution in [2.75, 3.05) is 32.5 Å². The van der Waals surface area contributed by atoms with Gasteiger partial charge in [-0.3, -0.25) is 14.3 Å². The Morgan fingerprint density at radius 2 is 2.14 bits per heavy atom. The van der Waals surface area contributed by atoms with Crippen molar-refractivity contribution in [2.24, 2.45) is 7.05 Å². The Kier molecular flexibility index (Phi) is 5.29. The van der Waals surface area contributed by atoms with Gasteiger partial charge in [0.25, 0.3) is 11.8 Å². The summed E-state index contributed by atoms with van der Waals surface area (Å²) >= 11 is 1.36. The Morgan fingerprint density at radius 3 is 2.77 bits per heavy atom. The van der Waals surface area contributed by atoms with E-state index in [1.54, 1.807) is 19.2 Å². The average Bonchev–Trinajstić information content (AvgIpc) is 3.09. The maximum Gasteiger partial charge on any atom is 0.271 e. The number of nitrogens with one attached hydrogen (secondary N) is 2. The predicted molar refractivity (Wildman–Crippen MR) is 86.4 cm³/mol. The number of anilines is 1. The zero-order valence-electron chi connectivity index (χ0n) is 12.8. The SMILES string of the molecule is CN(C)CCNC(=O)c1cc(NC(=O)c2cccs2)n(C)n1. The largest absolute Gasteiger partial charge is 0.349 e. The van der Waals surface area contributed by atoms with Crippen molar-refractivity contribution in [3.05, 3.63) is 34.2 Å². The number of aromatic nitrogens is 2. The van der Waals surface area contributed by atoms with Crippen molar-refractivity contribution in [1.82, 2.24) is 20.0 Å². The van der Waals surface area contributed by atoms with Crippen molar-refractivity contribution in [2.45, 2.75) is 0 Å². The van der Waals surface area contributed by atoms with Crippen LogP contribution in [0, 0.1) is 0 Å². The average molecular weight is 321 g/mol. The molecule has 0 atom stereocenters. The lowest BCUT2D eigenvalue weighted by Gasteiger charge is -2.09. The van der Waals surface area contributed by atoms with E-state index in [9.17, 15) is 9.59 Å². The number of carbonyl (C=O) groups is 2. The highest BCUT2D eigenvalue weighted by Gasteiger charge is 2.15. The second-order valence-electron chi connectivity index (χ2n) is 5.03. The second-order valence-corrected chi connectivity index (χ2v) is 5.98. The number of thiophene rings is 1. The molecule has 2 rings (SSSR count). The molecular weight excluding hydrogens is 302 g/mol. The molecule has 0 spiro atoms. The molecule has 8 heteroatoms. The molecule has 0 aliphatic rings. The first-order valence-electron chi connectivity index (χ1n) is 6.79. The molecule has 7 nitrogen and oxygen atoms in total. The Bertz CT molecular complexity index is 648. The Hall–Kier alpha value is -2.19. The highest BCUT2D eigenvalue weighted by molar-refractivity contribution is 7.12. The molecule has 0 aromatic carbocycles. The second kappa shape index (κ2) is 7.19. The summed E-state index contributed by atoms with van der Waals surface area (Å²) in [5, 5.41) is 11.5. The maximum atomic E-state index is 12.0. The van der Waals surface area contributed by atoms with Crippen molar-refractivity contribution in [3.8, 4) is 0 Å². The molecule has 2 aromatic rings. The van der Waals surface area contributed by atoms with Crippen LogP contribution in [0.2, 0.25) is 0 Å². The fourth-order valence-corrected chi connectivity index (χ4v) is 2.38. The van der Waals surface area contributed by atoms with E-state index in [1.807, 2.05) is 30.4 Å². The molecule has 22 heavy (non-hydrogen) atoms. The highest BCUT2D eigenvalue weighted by Crippen LogP contribution is 2.14. The fraction of sp³-hybridized carbons (Fsp3) is 0.357. The van der Waals surface area contributed by atoms with Crippen molar-refractivity contribution < 1.29 is 9.59 Å². The molecule has 0 aliphatic carbocycles. The van der Waals surface area contributed by atoms with Gasteiger partial charge in [-0.25, -0.2) is 0 Å². The number of hydrogen-bond acceptors (Lipinski definition) is 5. The number of hydrogen-bond donors (Lipinski definition) is 2. The third-order valence-electron chi connectivity index (χ3n) is 2.94. The van der Waals surface area contributed by atoms with Crippen LogP contribution in [0.25, 0.3) is 0 Å². The number of amides is 2. The number of likely N-dealkylation sites (N-methyl/N-ethyl adjacent to an activating group) is 1. The Balaban J connectivity index is 1.98. The smallest absolute Gasteiger partial charge is 0.271 e. The normalized spacial score (nSPS) is 10.7. The number of rotatable bonds is 6. The first-order chi connectivity index (χ1) is 10.5. The van der Waals surface area contributed by atoms with Gasteiger partial charge in [-0.15, -0.1) is 11.3 Å². The summed E-state index contributed by atoms with van der Waals surface area (Å²) in [5.74, 6) is 0.0165. The van der Waals surface area contributed by atoms with Crippen LogP contribution in [-0.2, 0) is 7.05 Å². The monoisotopic (exact) mass is 321 g/mol. The lowest BCUT2D eigenvalue weighted by molar-refractivity contribution is 0.0944. The summed E-state index contributed by atoms with van der Waals surface area (Å²) in [6.45, 7) is 1.29. The lowest BCUT2D eigenvalue weighted by atomic mass is 10.3. The molecule has 0 unspecified atom stereocenters. The van der Waals surface area contributed by atoms with Gasteiger partial charge < -0.3 is 15.5 Å². The van der Waals surface area contributed by atoms with E-state index in [0.29, 0.717) is 17.2 Å². The molecule has 0 saturated carbocycles. The summed E-state index contributed by atoms with van der Waals surface area (Å²) in [5.41, 5.74) is 0.280. The van der Waals surface area contributed by atoms with Crippen LogP contribution in [0.4, 0.5) is 5.82 Å². The van der Waals surface area contributed by atoms with E-state index in [-0.39, 0.29) is 17.5 Å². The first-order valence-corrected chi connectivity index (χ1v) is 7.67. The summed E-state index contributed by atoms with van der Waals surface area (Å²) < 4.78 is 1.48. The van der Waals surface area contributed by atoms with Crippen LogP contribution in [0.3, 0.4) is 0 Å². The summed E-state index contributed by atoms with van der Waals surface area (Å²) in [7, 11) is 5.55. The van der Waals surface area contributed by atoms with Gasteiger partial charge in [0.2, 0.25) is 0 Å². The van der Waals surface area contributed by atoms with Crippen molar-refractivity contribution in [1.29, 1.82) is 0 Å². The fourth-order valence-electron chi connectivity index (χ4n) is 1.76. The molecule has 2 N–H and O–H groups in total. The van der Waals surface area contributed by atoms with E-state index in [0.717, 1.165) is 6.54 Å². The van der Waals surface area contributed by atoms with E-state index < -0.39 is 0 Å². The molecule has 2 heterocycles. The molecule has 0 saturated heterocycles. The van der Waals surface area contributed by atoms with E-state index in [2.05, 4.69) is 15.7 Å². The Morgan fingerprint density at radius 1 is 1.36 bits per heavy atom. The van der Waals surface area contributed by atoms with Crippen LogP contribution in [-0.4, -0.2) is 53.7 Å². The molecule has 2 amide bonds. The summed E-state index contributed by atoms with van der Waals surface area (Å²) in [6.07, 6.45) is 0. The zero-order valence-corrected chi connectivity index (χ0v) is 13.6. The van der Waals surface area contributed by atoms with Gasteiger partial charge in [-0.2, -0.15) is 5.10 Å².